The van der Waals surface area contributed by atoms with Gasteiger partial charge in [-0.2, -0.15) is 9.97 Å². The molecular formula is C10H18N4O4. The van der Waals surface area contributed by atoms with Gasteiger partial charge >= 0.3 is 12.0 Å². The van der Waals surface area contributed by atoms with Crippen molar-refractivity contribution in [3.05, 3.63) is 0 Å². The first-order valence-corrected chi connectivity index (χ1v) is 5.51. The molecule has 0 aromatic carbocycles. The number of hydrogen-bond acceptors (Lipinski definition) is 8. The molecule has 1 rings (SSSR count). The summed E-state index contributed by atoms with van der Waals surface area (Å²) in [5.41, 5.74) is 5.45. The van der Waals surface area contributed by atoms with E-state index in [-0.39, 0.29) is 18.0 Å². The summed E-state index contributed by atoms with van der Waals surface area (Å²) in [6.45, 7) is 2.08. The maximum absolute atomic E-state index is 5.45. The zero-order valence-corrected chi connectivity index (χ0v) is 10.6. The molecule has 0 aliphatic carbocycles. The first-order valence-electron chi connectivity index (χ1n) is 5.51. The van der Waals surface area contributed by atoms with E-state index in [0.29, 0.717) is 26.4 Å². The van der Waals surface area contributed by atoms with Crippen LogP contribution in [0.1, 0.15) is 6.42 Å². The molecule has 0 spiro atoms. The average molecular weight is 258 g/mol. The van der Waals surface area contributed by atoms with Crippen LogP contribution < -0.4 is 15.2 Å². The minimum absolute atomic E-state index is 0.0536. The van der Waals surface area contributed by atoms with E-state index in [2.05, 4.69) is 15.0 Å². The Morgan fingerprint density at radius 2 is 1.72 bits per heavy atom. The van der Waals surface area contributed by atoms with Gasteiger partial charge in [0.05, 0.1) is 13.7 Å². The Bertz CT molecular complexity index is 351. The molecule has 8 nitrogen and oxygen atoms in total. The minimum Gasteiger partial charge on any atom is -0.467 e. The minimum atomic E-state index is 0.0536. The summed E-state index contributed by atoms with van der Waals surface area (Å²) in [6, 6.07) is 0.248. The van der Waals surface area contributed by atoms with Crippen LogP contribution in [0, 0.1) is 0 Å². The standard InChI is InChI=1S/C10H18N4O4/c1-15-4-3-5-17-6-7-18-10-13-8(11)12-9(14-10)16-2/h3-7H2,1-2H3,(H2,11,12,13,14). The van der Waals surface area contributed by atoms with Crippen LogP contribution in [0.15, 0.2) is 0 Å². The molecule has 0 fully saturated rings. The van der Waals surface area contributed by atoms with Gasteiger partial charge in [0.2, 0.25) is 5.95 Å². The molecule has 1 aromatic heterocycles. The van der Waals surface area contributed by atoms with Crippen molar-refractivity contribution >= 4 is 5.95 Å². The summed E-state index contributed by atoms with van der Waals surface area (Å²) in [5, 5.41) is 0. The Hall–Kier alpha value is -1.67. The predicted octanol–water partition coefficient (Wildman–Crippen LogP) is -0.106. The van der Waals surface area contributed by atoms with Crippen molar-refractivity contribution in [1.29, 1.82) is 0 Å². The molecule has 0 saturated heterocycles. The number of hydrogen-bond donors (Lipinski definition) is 1. The lowest BCUT2D eigenvalue weighted by Crippen LogP contribution is -2.11. The predicted molar refractivity (Wildman–Crippen MR) is 63.6 cm³/mol. The fourth-order valence-electron chi connectivity index (χ4n) is 1.11. The van der Waals surface area contributed by atoms with Gasteiger partial charge in [0.15, 0.2) is 0 Å². The summed E-state index contributed by atoms with van der Waals surface area (Å²) in [6.07, 6.45) is 0.850. The highest BCUT2D eigenvalue weighted by Crippen LogP contribution is 2.09. The van der Waals surface area contributed by atoms with Crippen molar-refractivity contribution in [3.8, 4) is 12.0 Å². The topological polar surface area (TPSA) is 102 Å². The summed E-state index contributed by atoms with van der Waals surface area (Å²) in [5.74, 6) is 0.0536. The summed E-state index contributed by atoms with van der Waals surface area (Å²) in [4.78, 5) is 11.4. The van der Waals surface area contributed by atoms with Gasteiger partial charge in [-0.15, -0.1) is 4.98 Å². The molecule has 0 aliphatic rings. The van der Waals surface area contributed by atoms with Crippen LogP contribution in [0.25, 0.3) is 0 Å². The summed E-state index contributed by atoms with van der Waals surface area (Å²) < 4.78 is 20.3. The van der Waals surface area contributed by atoms with Crippen molar-refractivity contribution in [2.24, 2.45) is 0 Å². The lowest BCUT2D eigenvalue weighted by Gasteiger charge is -2.06. The molecule has 0 unspecified atom stereocenters. The Labute approximate surface area is 105 Å². The third-order valence-electron chi connectivity index (χ3n) is 1.89. The molecule has 18 heavy (non-hydrogen) atoms. The van der Waals surface area contributed by atoms with Crippen LogP contribution in [0.2, 0.25) is 0 Å². The van der Waals surface area contributed by atoms with E-state index in [0.717, 1.165) is 6.42 Å². The van der Waals surface area contributed by atoms with Crippen molar-refractivity contribution in [2.75, 3.05) is 46.4 Å². The van der Waals surface area contributed by atoms with Gasteiger partial charge in [0.25, 0.3) is 0 Å². The first-order chi connectivity index (χ1) is 8.76. The van der Waals surface area contributed by atoms with Gasteiger partial charge < -0.3 is 24.7 Å². The number of nitrogens with zero attached hydrogens (tertiary/aromatic N) is 3. The second-order valence-electron chi connectivity index (χ2n) is 3.27. The Morgan fingerprint density at radius 3 is 2.44 bits per heavy atom. The molecule has 1 heterocycles. The maximum atomic E-state index is 5.45. The number of anilines is 1. The van der Waals surface area contributed by atoms with Gasteiger partial charge in [0, 0.05) is 20.3 Å². The fraction of sp³-hybridized carbons (Fsp3) is 0.700. The number of methoxy groups -OCH3 is 2. The molecule has 0 bridgehead atoms. The van der Waals surface area contributed by atoms with Crippen molar-refractivity contribution < 1.29 is 18.9 Å². The number of nitrogens with two attached hydrogens (primary N) is 1. The average Bonchev–Trinajstić information content (AvgIpc) is 2.37. The van der Waals surface area contributed by atoms with E-state index in [1.54, 1.807) is 7.11 Å². The molecule has 0 atom stereocenters. The van der Waals surface area contributed by atoms with Crippen LogP contribution in [0.4, 0.5) is 5.95 Å². The number of aromatic nitrogens is 3. The number of nitrogen functional groups attached to an aromatic ring is 1. The quantitative estimate of drug-likeness (QED) is 0.612. The maximum Gasteiger partial charge on any atom is 0.324 e. The summed E-state index contributed by atoms with van der Waals surface area (Å²) >= 11 is 0. The Kier molecular flexibility index (Phi) is 6.74. The Morgan fingerprint density at radius 1 is 0.944 bits per heavy atom. The van der Waals surface area contributed by atoms with Crippen molar-refractivity contribution in [2.45, 2.75) is 6.42 Å². The third kappa shape index (κ3) is 5.60. The molecule has 8 heteroatoms. The van der Waals surface area contributed by atoms with Crippen LogP contribution >= 0.6 is 0 Å². The normalized spacial score (nSPS) is 10.3. The molecule has 2 N–H and O–H groups in total. The first kappa shape index (κ1) is 14.4. The van der Waals surface area contributed by atoms with Crippen LogP contribution in [0.5, 0.6) is 12.0 Å². The highest BCUT2D eigenvalue weighted by Gasteiger charge is 2.04. The van der Waals surface area contributed by atoms with E-state index in [1.165, 1.54) is 7.11 Å². The summed E-state index contributed by atoms with van der Waals surface area (Å²) in [7, 11) is 3.10. The molecule has 0 radical (unpaired) electrons. The van der Waals surface area contributed by atoms with Crippen LogP contribution in [-0.2, 0) is 9.47 Å². The van der Waals surface area contributed by atoms with Crippen LogP contribution in [-0.4, -0.2) is 55.6 Å². The van der Waals surface area contributed by atoms with Gasteiger partial charge in [-0.25, -0.2) is 0 Å². The zero-order valence-electron chi connectivity index (χ0n) is 10.6. The highest BCUT2D eigenvalue weighted by molar-refractivity contribution is 5.20. The smallest absolute Gasteiger partial charge is 0.324 e. The molecule has 0 aliphatic heterocycles. The number of ether oxygens (including phenoxy) is 4. The molecule has 102 valence electrons. The van der Waals surface area contributed by atoms with Crippen molar-refractivity contribution in [3.63, 3.8) is 0 Å². The zero-order chi connectivity index (χ0) is 13.2. The number of rotatable bonds is 9. The highest BCUT2D eigenvalue weighted by atomic mass is 16.5. The van der Waals surface area contributed by atoms with E-state index in [4.69, 9.17) is 24.7 Å². The van der Waals surface area contributed by atoms with Crippen LogP contribution in [0.3, 0.4) is 0 Å². The van der Waals surface area contributed by atoms with Gasteiger partial charge in [0.1, 0.15) is 6.61 Å². The molecular weight excluding hydrogens is 240 g/mol. The van der Waals surface area contributed by atoms with Gasteiger partial charge in [-0.3, -0.25) is 0 Å². The lowest BCUT2D eigenvalue weighted by atomic mass is 10.5. The van der Waals surface area contributed by atoms with E-state index in [1.807, 2.05) is 0 Å². The van der Waals surface area contributed by atoms with Gasteiger partial charge in [-0.1, -0.05) is 0 Å². The van der Waals surface area contributed by atoms with E-state index < -0.39 is 0 Å². The third-order valence-corrected chi connectivity index (χ3v) is 1.89. The lowest BCUT2D eigenvalue weighted by molar-refractivity contribution is 0.0780. The molecule has 0 amide bonds. The van der Waals surface area contributed by atoms with Crippen molar-refractivity contribution in [1.82, 2.24) is 15.0 Å². The SMILES string of the molecule is COCCCOCCOc1nc(N)nc(OC)n1. The largest absolute Gasteiger partial charge is 0.467 e. The van der Waals surface area contributed by atoms with E-state index >= 15 is 0 Å². The Balaban J connectivity index is 2.20. The molecule has 0 saturated carbocycles. The second kappa shape index (κ2) is 8.43. The second-order valence-corrected chi connectivity index (χ2v) is 3.27. The van der Waals surface area contributed by atoms with Gasteiger partial charge in [-0.05, 0) is 6.42 Å². The molecule has 1 aromatic rings. The van der Waals surface area contributed by atoms with E-state index in [9.17, 15) is 0 Å². The monoisotopic (exact) mass is 258 g/mol. The fourth-order valence-corrected chi connectivity index (χ4v) is 1.11.